The molecule has 1 heteroatoms. The lowest BCUT2D eigenvalue weighted by Crippen LogP contribution is -2.08. The maximum Gasteiger partial charge on any atom is 0.139 e. The largest absolute Gasteiger partial charge is 0.299 e. The number of carbonyl (C=O) groups is 1. The molecule has 0 saturated heterocycles. The summed E-state index contributed by atoms with van der Waals surface area (Å²) < 4.78 is 0. The summed E-state index contributed by atoms with van der Waals surface area (Å²) in [6.45, 7) is 2.03. The Balaban J connectivity index is 2.10. The third kappa shape index (κ3) is 0.867. The van der Waals surface area contributed by atoms with Gasteiger partial charge in [-0.25, -0.2) is 0 Å². The van der Waals surface area contributed by atoms with E-state index >= 15 is 0 Å². The first-order valence-electron chi connectivity index (χ1n) is 4.46. The fourth-order valence-electron chi connectivity index (χ4n) is 2.38. The predicted molar refractivity (Wildman–Crippen MR) is 44.2 cm³/mol. The minimum absolute atomic E-state index is 0.145. The lowest BCUT2D eigenvalue weighted by Gasteiger charge is -2.01. The molecular formula is C10H14O. The summed E-state index contributed by atoms with van der Waals surface area (Å²) >= 11 is 0. The molecule has 2 saturated carbocycles. The standard InChI is InChI=1S/C10H14O/c1-2-4-8-7-10(8)6-3-5-9(10)11/h2,4,8H,3,5-7H2,1H3. The van der Waals surface area contributed by atoms with Crippen molar-refractivity contribution in [2.75, 3.05) is 0 Å². The SMILES string of the molecule is CC=CC1CC12CCCC2=O. The van der Waals surface area contributed by atoms with Crippen molar-refractivity contribution < 1.29 is 4.79 Å². The van der Waals surface area contributed by atoms with Crippen LogP contribution in [0.4, 0.5) is 0 Å². The van der Waals surface area contributed by atoms with Gasteiger partial charge in [-0.15, -0.1) is 0 Å². The van der Waals surface area contributed by atoms with Crippen LogP contribution in [-0.2, 0) is 4.79 Å². The van der Waals surface area contributed by atoms with Crippen molar-refractivity contribution in [2.45, 2.75) is 32.6 Å². The molecule has 2 aliphatic carbocycles. The van der Waals surface area contributed by atoms with E-state index < -0.39 is 0 Å². The molecule has 2 aliphatic rings. The monoisotopic (exact) mass is 150 g/mol. The average Bonchev–Trinajstić information content (AvgIpc) is 2.53. The third-order valence-electron chi connectivity index (χ3n) is 3.14. The van der Waals surface area contributed by atoms with E-state index in [1.807, 2.05) is 6.92 Å². The highest BCUT2D eigenvalue weighted by molar-refractivity contribution is 5.90. The van der Waals surface area contributed by atoms with Gasteiger partial charge < -0.3 is 0 Å². The van der Waals surface area contributed by atoms with Gasteiger partial charge in [0, 0.05) is 11.8 Å². The number of ketones is 1. The van der Waals surface area contributed by atoms with Crippen LogP contribution in [-0.4, -0.2) is 5.78 Å². The Kier molecular flexibility index (Phi) is 1.41. The molecule has 0 radical (unpaired) electrons. The smallest absolute Gasteiger partial charge is 0.139 e. The molecule has 0 aromatic carbocycles. The van der Waals surface area contributed by atoms with E-state index in [0.717, 1.165) is 25.7 Å². The second kappa shape index (κ2) is 2.20. The van der Waals surface area contributed by atoms with Crippen molar-refractivity contribution in [2.24, 2.45) is 11.3 Å². The van der Waals surface area contributed by atoms with Gasteiger partial charge in [-0.1, -0.05) is 12.2 Å². The summed E-state index contributed by atoms with van der Waals surface area (Å²) in [5, 5.41) is 0. The summed E-state index contributed by atoms with van der Waals surface area (Å²) in [5.74, 6) is 1.13. The van der Waals surface area contributed by atoms with Crippen LogP contribution in [0.5, 0.6) is 0 Å². The van der Waals surface area contributed by atoms with E-state index in [1.54, 1.807) is 0 Å². The summed E-state index contributed by atoms with van der Waals surface area (Å²) in [6.07, 6.45) is 8.53. The van der Waals surface area contributed by atoms with Crippen molar-refractivity contribution in [3.05, 3.63) is 12.2 Å². The fourth-order valence-corrected chi connectivity index (χ4v) is 2.38. The van der Waals surface area contributed by atoms with Gasteiger partial charge in [0.2, 0.25) is 0 Å². The summed E-state index contributed by atoms with van der Waals surface area (Å²) in [6, 6.07) is 0. The summed E-state index contributed by atoms with van der Waals surface area (Å²) in [5.41, 5.74) is 0.145. The van der Waals surface area contributed by atoms with Gasteiger partial charge in [-0.3, -0.25) is 4.79 Å². The molecule has 60 valence electrons. The van der Waals surface area contributed by atoms with Gasteiger partial charge in [0.25, 0.3) is 0 Å². The van der Waals surface area contributed by atoms with Crippen LogP contribution in [0, 0.1) is 11.3 Å². The van der Waals surface area contributed by atoms with Crippen LogP contribution in [0.25, 0.3) is 0 Å². The zero-order chi connectivity index (χ0) is 7.90. The number of carbonyl (C=O) groups excluding carboxylic acids is 1. The lowest BCUT2D eigenvalue weighted by molar-refractivity contribution is -0.122. The molecule has 11 heavy (non-hydrogen) atoms. The van der Waals surface area contributed by atoms with Gasteiger partial charge in [0.1, 0.15) is 5.78 Å². The Morgan fingerprint density at radius 1 is 1.64 bits per heavy atom. The minimum atomic E-state index is 0.145. The van der Waals surface area contributed by atoms with Crippen LogP contribution in [0.3, 0.4) is 0 Å². The van der Waals surface area contributed by atoms with E-state index in [2.05, 4.69) is 12.2 Å². The lowest BCUT2D eigenvalue weighted by atomic mass is 10.0. The number of hydrogen-bond donors (Lipinski definition) is 0. The predicted octanol–water partition coefficient (Wildman–Crippen LogP) is 2.32. The summed E-state index contributed by atoms with van der Waals surface area (Å²) in [4.78, 5) is 11.4. The third-order valence-corrected chi connectivity index (χ3v) is 3.14. The van der Waals surface area contributed by atoms with Gasteiger partial charge in [-0.05, 0) is 32.1 Å². The molecule has 0 N–H and O–H groups in total. The first kappa shape index (κ1) is 7.08. The highest BCUT2D eigenvalue weighted by atomic mass is 16.1. The molecule has 0 aliphatic heterocycles. The molecule has 0 heterocycles. The Morgan fingerprint density at radius 2 is 2.45 bits per heavy atom. The summed E-state index contributed by atoms with van der Waals surface area (Å²) in [7, 11) is 0. The van der Waals surface area contributed by atoms with Gasteiger partial charge in [-0.2, -0.15) is 0 Å². The van der Waals surface area contributed by atoms with Crippen LogP contribution >= 0.6 is 0 Å². The Hall–Kier alpha value is -0.590. The minimum Gasteiger partial charge on any atom is -0.299 e. The highest BCUT2D eigenvalue weighted by Gasteiger charge is 2.59. The van der Waals surface area contributed by atoms with Crippen LogP contribution in [0.15, 0.2) is 12.2 Å². The Labute approximate surface area is 67.5 Å². The molecule has 2 fully saturated rings. The molecule has 2 rings (SSSR count). The second-order valence-corrected chi connectivity index (χ2v) is 3.77. The molecule has 1 nitrogen and oxygen atoms in total. The van der Waals surface area contributed by atoms with Gasteiger partial charge in [0.15, 0.2) is 0 Å². The first-order chi connectivity index (χ1) is 5.29. The Bertz CT molecular complexity index is 217. The van der Waals surface area contributed by atoms with E-state index in [0.29, 0.717) is 11.7 Å². The molecule has 0 aromatic heterocycles. The maximum absolute atomic E-state index is 11.4. The van der Waals surface area contributed by atoms with Crippen LogP contribution in [0.1, 0.15) is 32.6 Å². The van der Waals surface area contributed by atoms with E-state index in [1.165, 1.54) is 0 Å². The zero-order valence-corrected chi connectivity index (χ0v) is 6.97. The molecule has 2 atom stereocenters. The molecule has 0 aromatic rings. The molecule has 2 unspecified atom stereocenters. The van der Waals surface area contributed by atoms with Gasteiger partial charge in [0.05, 0.1) is 0 Å². The number of rotatable bonds is 1. The number of Topliss-reactive ketones (excluding diaryl/α,β-unsaturated/α-hetero) is 1. The number of allylic oxidation sites excluding steroid dienone is 2. The van der Waals surface area contributed by atoms with Crippen molar-refractivity contribution in [1.82, 2.24) is 0 Å². The van der Waals surface area contributed by atoms with E-state index in [-0.39, 0.29) is 5.41 Å². The quantitative estimate of drug-likeness (QED) is 0.524. The van der Waals surface area contributed by atoms with Crippen molar-refractivity contribution in [1.29, 1.82) is 0 Å². The van der Waals surface area contributed by atoms with Crippen molar-refractivity contribution in [3.8, 4) is 0 Å². The average molecular weight is 150 g/mol. The van der Waals surface area contributed by atoms with Crippen LogP contribution < -0.4 is 0 Å². The van der Waals surface area contributed by atoms with Crippen LogP contribution in [0.2, 0.25) is 0 Å². The maximum atomic E-state index is 11.4. The van der Waals surface area contributed by atoms with Gasteiger partial charge >= 0.3 is 0 Å². The Morgan fingerprint density at radius 3 is 3.00 bits per heavy atom. The normalized spacial score (nSPS) is 42.6. The topological polar surface area (TPSA) is 17.1 Å². The van der Waals surface area contributed by atoms with Crippen molar-refractivity contribution in [3.63, 3.8) is 0 Å². The van der Waals surface area contributed by atoms with E-state index in [4.69, 9.17) is 0 Å². The molecule has 1 spiro atoms. The second-order valence-electron chi connectivity index (χ2n) is 3.77. The molecule has 0 amide bonds. The molecule has 0 bridgehead atoms. The van der Waals surface area contributed by atoms with E-state index in [9.17, 15) is 4.79 Å². The highest BCUT2D eigenvalue weighted by Crippen LogP contribution is 2.61. The number of hydrogen-bond acceptors (Lipinski definition) is 1. The first-order valence-corrected chi connectivity index (χ1v) is 4.46. The molecular weight excluding hydrogens is 136 g/mol. The zero-order valence-electron chi connectivity index (χ0n) is 6.97. The fraction of sp³-hybridized carbons (Fsp3) is 0.700. The van der Waals surface area contributed by atoms with Crippen molar-refractivity contribution >= 4 is 5.78 Å².